The summed E-state index contributed by atoms with van der Waals surface area (Å²) in [4.78, 5) is 0. The molecule has 1 aromatic heterocycles. The van der Waals surface area contributed by atoms with E-state index in [0.717, 1.165) is 10.1 Å². The summed E-state index contributed by atoms with van der Waals surface area (Å²) < 4.78 is 1.43. The molecule has 2 rings (SSSR count). The Labute approximate surface area is 89.9 Å². The van der Waals surface area contributed by atoms with Gasteiger partial charge in [-0.2, -0.15) is 0 Å². The second-order valence-electron chi connectivity index (χ2n) is 2.91. The summed E-state index contributed by atoms with van der Waals surface area (Å²) >= 11 is 7.15. The van der Waals surface area contributed by atoms with Gasteiger partial charge < -0.3 is 15.8 Å². The van der Waals surface area contributed by atoms with E-state index in [9.17, 15) is 0 Å². The van der Waals surface area contributed by atoms with E-state index in [1.165, 1.54) is 11.3 Å². The van der Waals surface area contributed by atoms with E-state index in [2.05, 4.69) is 0 Å². The fourth-order valence-electron chi connectivity index (χ4n) is 1.33. The first kappa shape index (κ1) is 9.80. The maximum atomic E-state index is 9.02. The molecule has 0 saturated heterocycles. The molecule has 0 unspecified atom stereocenters. The van der Waals surface area contributed by atoms with E-state index < -0.39 is 7.12 Å². The first-order valence-corrected chi connectivity index (χ1v) is 5.12. The summed E-state index contributed by atoms with van der Waals surface area (Å²) in [6, 6.07) is 5.15. The Morgan fingerprint density at radius 3 is 2.71 bits per heavy atom. The zero-order valence-electron chi connectivity index (χ0n) is 7.07. The molecule has 0 aliphatic heterocycles. The first-order valence-electron chi connectivity index (χ1n) is 3.93. The van der Waals surface area contributed by atoms with Crippen molar-refractivity contribution in [1.29, 1.82) is 0 Å². The van der Waals surface area contributed by atoms with Crippen molar-refractivity contribution in [3.8, 4) is 0 Å². The average Bonchev–Trinajstić information content (AvgIpc) is 2.46. The quantitative estimate of drug-likeness (QED) is 0.499. The van der Waals surface area contributed by atoms with Crippen LogP contribution in [0.15, 0.2) is 18.2 Å². The van der Waals surface area contributed by atoms with Crippen molar-refractivity contribution in [2.75, 3.05) is 5.73 Å². The number of halogens is 1. The van der Waals surface area contributed by atoms with Gasteiger partial charge in [-0.05, 0) is 11.5 Å². The number of hydrogen-bond acceptors (Lipinski definition) is 4. The minimum absolute atomic E-state index is 0.316. The molecule has 1 aromatic carbocycles. The molecule has 1 heterocycles. The fourth-order valence-corrected chi connectivity index (χ4v) is 2.54. The highest BCUT2D eigenvalue weighted by Crippen LogP contribution is 2.32. The van der Waals surface area contributed by atoms with Crippen molar-refractivity contribution in [1.82, 2.24) is 0 Å². The second-order valence-corrected chi connectivity index (χ2v) is 4.59. The van der Waals surface area contributed by atoms with E-state index in [4.69, 9.17) is 27.4 Å². The molecule has 72 valence electrons. The zero-order chi connectivity index (χ0) is 10.3. The van der Waals surface area contributed by atoms with Gasteiger partial charge in [0.05, 0.1) is 9.04 Å². The molecule has 2 aromatic rings. The number of hydrogen-bond donors (Lipinski definition) is 3. The van der Waals surface area contributed by atoms with Crippen molar-refractivity contribution in [3.05, 3.63) is 22.5 Å². The third kappa shape index (κ3) is 1.48. The minimum atomic E-state index is -1.54. The van der Waals surface area contributed by atoms with Gasteiger partial charge in [0.15, 0.2) is 0 Å². The van der Waals surface area contributed by atoms with Gasteiger partial charge in [0.1, 0.15) is 0 Å². The Bertz CT molecular complexity index is 485. The monoisotopic (exact) mass is 227 g/mol. The lowest BCUT2D eigenvalue weighted by Gasteiger charge is -2.04. The van der Waals surface area contributed by atoms with Crippen LogP contribution in [0.5, 0.6) is 0 Å². The maximum absolute atomic E-state index is 9.02. The number of benzene rings is 1. The summed E-state index contributed by atoms with van der Waals surface area (Å²) in [7, 11) is -1.54. The largest absolute Gasteiger partial charge is 0.490 e. The SMILES string of the molecule is Nc1c(B(O)O)ccc2cc(Cl)sc12. The smallest absolute Gasteiger partial charge is 0.423 e. The molecule has 0 saturated carbocycles. The summed E-state index contributed by atoms with van der Waals surface area (Å²) in [5.41, 5.74) is 6.46. The molecule has 0 radical (unpaired) electrons. The Morgan fingerprint density at radius 2 is 2.07 bits per heavy atom. The van der Waals surface area contributed by atoms with Crippen molar-refractivity contribution in [3.63, 3.8) is 0 Å². The van der Waals surface area contributed by atoms with E-state index in [0.29, 0.717) is 15.5 Å². The topological polar surface area (TPSA) is 66.5 Å². The van der Waals surface area contributed by atoms with Crippen LogP contribution in [0.2, 0.25) is 4.34 Å². The number of nitrogens with two attached hydrogens (primary N) is 1. The Kier molecular flexibility index (Phi) is 2.40. The fraction of sp³-hybridized carbons (Fsp3) is 0. The molecule has 0 aliphatic carbocycles. The van der Waals surface area contributed by atoms with Crippen LogP contribution < -0.4 is 11.2 Å². The van der Waals surface area contributed by atoms with Crippen LogP contribution in [-0.4, -0.2) is 17.2 Å². The normalized spacial score (nSPS) is 10.8. The lowest BCUT2D eigenvalue weighted by molar-refractivity contribution is 0.426. The highest BCUT2D eigenvalue weighted by atomic mass is 35.5. The van der Waals surface area contributed by atoms with Crippen LogP contribution in [0.25, 0.3) is 10.1 Å². The van der Waals surface area contributed by atoms with Gasteiger partial charge in [-0.3, -0.25) is 0 Å². The summed E-state index contributed by atoms with van der Waals surface area (Å²) in [6.07, 6.45) is 0. The molecule has 4 N–H and O–H groups in total. The molecular formula is C8H7BClNO2S. The Hall–Kier alpha value is -0.745. The molecular weight excluding hydrogens is 220 g/mol. The first-order chi connectivity index (χ1) is 6.59. The number of rotatable bonds is 1. The Balaban J connectivity index is 2.74. The minimum Gasteiger partial charge on any atom is -0.423 e. The third-order valence-corrected chi connectivity index (χ3v) is 3.32. The molecule has 0 aliphatic rings. The van der Waals surface area contributed by atoms with E-state index in [-0.39, 0.29) is 0 Å². The van der Waals surface area contributed by atoms with E-state index in [1.807, 2.05) is 0 Å². The van der Waals surface area contributed by atoms with Gasteiger partial charge in [-0.15, -0.1) is 11.3 Å². The molecule has 0 fully saturated rings. The Morgan fingerprint density at radius 1 is 1.36 bits per heavy atom. The average molecular weight is 227 g/mol. The summed E-state index contributed by atoms with van der Waals surface area (Å²) in [5, 5.41) is 19.0. The molecule has 6 heteroatoms. The van der Waals surface area contributed by atoms with E-state index in [1.54, 1.807) is 18.2 Å². The molecule has 0 spiro atoms. The molecule has 0 bridgehead atoms. The van der Waals surface area contributed by atoms with Crippen molar-refractivity contribution in [2.45, 2.75) is 0 Å². The second kappa shape index (κ2) is 3.44. The van der Waals surface area contributed by atoms with Crippen molar-refractivity contribution in [2.24, 2.45) is 0 Å². The molecule has 3 nitrogen and oxygen atoms in total. The van der Waals surface area contributed by atoms with Crippen LogP contribution in [0, 0.1) is 0 Å². The van der Waals surface area contributed by atoms with Gasteiger partial charge in [0, 0.05) is 11.2 Å². The number of anilines is 1. The van der Waals surface area contributed by atoms with Gasteiger partial charge >= 0.3 is 7.12 Å². The number of thiophene rings is 1. The van der Waals surface area contributed by atoms with Gasteiger partial charge in [-0.25, -0.2) is 0 Å². The number of nitrogen functional groups attached to an aromatic ring is 1. The van der Waals surface area contributed by atoms with E-state index >= 15 is 0 Å². The molecule has 0 amide bonds. The zero-order valence-corrected chi connectivity index (χ0v) is 8.64. The summed E-state index contributed by atoms with van der Waals surface area (Å²) in [6.45, 7) is 0. The van der Waals surface area contributed by atoms with Crippen LogP contribution in [-0.2, 0) is 0 Å². The highest BCUT2D eigenvalue weighted by molar-refractivity contribution is 7.23. The lowest BCUT2D eigenvalue weighted by atomic mass is 9.79. The predicted molar refractivity (Wildman–Crippen MR) is 61.1 cm³/mol. The van der Waals surface area contributed by atoms with Gasteiger partial charge in [0.25, 0.3) is 0 Å². The standard InChI is InChI=1S/C8H7BClNO2S/c10-6-3-4-1-2-5(9(12)13)7(11)8(4)14-6/h1-3,12-13H,11H2. The van der Waals surface area contributed by atoms with Crippen LogP contribution in [0.4, 0.5) is 5.69 Å². The lowest BCUT2D eigenvalue weighted by Crippen LogP contribution is -2.32. The molecule has 14 heavy (non-hydrogen) atoms. The van der Waals surface area contributed by atoms with Crippen LogP contribution in [0.3, 0.4) is 0 Å². The van der Waals surface area contributed by atoms with Gasteiger partial charge in [0.2, 0.25) is 0 Å². The summed E-state index contributed by atoms with van der Waals surface area (Å²) in [5.74, 6) is 0. The van der Waals surface area contributed by atoms with Crippen LogP contribution >= 0.6 is 22.9 Å². The third-order valence-electron chi connectivity index (χ3n) is 2.01. The highest BCUT2D eigenvalue weighted by Gasteiger charge is 2.17. The maximum Gasteiger partial charge on any atom is 0.490 e. The van der Waals surface area contributed by atoms with Crippen molar-refractivity contribution < 1.29 is 10.0 Å². The number of fused-ring (bicyclic) bond motifs is 1. The van der Waals surface area contributed by atoms with Crippen molar-refractivity contribution >= 4 is 51.3 Å². The van der Waals surface area contributed by atoms with Gasteiger partial charge in [-0.1, -0.05) is 23.7 Å². The predicted octanol–water partition coefficient (Wildman–Crippen LogP) is 0.817. The molecule has 0 atom stereocenters. The van der Waals surface area contributed by atoms with Crippen LogP contribution in [0.1, 0.15) is 0 Å².